The molecule has 0 radical (unpaired) electrons. The molecule has 0 spiro atoms. The van der Waals surface area contributed by atoms with E-state index in [1.54, 1.807) is 0 Å². The van der Waals surface area contributed by atoms with Gasteiger partial charge in [-0.2, -0.15) is 0 Å². The van der Waals surface area contributed by atoms with E-state index >= 15 is 0 Å². The summed E-state index contributed by atoms with van der Waals surface area (Å²) in [6.45, 7) is 0. The Morgan fingerprint density at radius 3 is 1.30 bits per heavy atom. The van der Waals surface area contributed by atoms with Crippen LogP contribution in [0.2, 0.25) is 0 Å². The van der Waals surface area contributed by atoms with E-state index in [1.807, 2.05) is 0 Å². The van der Waals surface area contributed by atoms with E-state index in [0.717, 1.165) is 0 Å². The standard InChI is InChI=1S/C6H3N3O7.HNO3/c10-6-4(8(13)14)1-3(7(11)12)2-5(6)9(15)16;2-1(3)4/h1-2,10H;(H,2,3,4). The highest BCUT2D eigenvalue weighted by molar-refractivity contribution is 5.64. The maximum Gasteiger partial charge on any atom is 0.324 e. The maximum absolute atomic E-state index is 10.4. The molecular formula is C6H4N4O10. The van der Waals surface area contributed by atoms with Crippen molar-refractivity contribution in [2.24, 2.45) is 0 Å². The van der Waals surface area contributed by atoms with E-state index in [0.29, 0.717) is 12.1 Å². The molecule has 0 saturated heterocycles. The molecule has 2 N–H and O–H groups in total. The summed E-state index contributed by atoms with van der Waals surface area (Å²) < 4.78 is 0. The summed E-state index contributed by atoms with van der Waals surface area (Å²) in [7, 11) is 0. The number of phenolic OH excluding ortho intramolecular Hbond substituents is 1. The van der Waals surface area contributed by atoms with Gasteiger partial charge in [0.05, 0.1) is 26.9 Å². The Morgan fingerprint density at radius 1 is 0.800 bits per heavy atom. The maximum atomic E-state index is 10.4. The highest BCUT2D eigenvalue weighted by Crippen LogP contribution is 2.38. The van der Waals surface area contributed by atoms with Crippen molar-refractivity contribution >= 4 is 17.1 Å². The van der Waals surface area contributed by atoms with Crippen molar-refractivity contribution in [3.05, 3.63) is 52.6 Å². The second-order valence-electron chi connectivity index (χ2n) is 2.84. The van der Waals surface area contributed by atoms with Crippen molar-refractivity contribution in [3.8, 4) is 5.75 Å². The molecule has 0 unspecified atom stereocenters. The van der Waals surface area contributed by atoms with Crippen molar-refractivity contribution in [2.75, 3.05) is 0 Å². The Balaban J connectivity index is 0.000000796. The SMILES string of the molecule is O=[N+]([O-])O.O=[N+]([O-])c1cc([N+](=O)[O-])c(O)c([N+](=O)[O-])c1. The molecule has 0 saturated carbocycles. The third-order valence-corrected chi connectivity index (χ3v) is 1.66. The van der Waals surface area contributed by atoms with Gasteiger partial charge in [-0.25, -0.2) is 0 Å². The highest BCUT2D eigenvalue weighted by atomic mass is 16.9. The van der Waals surface area contributed by atoms with Crippen LogP contribution < -0.4 is 0 Å². The van der Waals surface area contributed by atoms with Crippen LogP contribution in [0.4, 0.5) is 17.1 Å². The predicted molar refractivity (Wildman–Crippen MR) is 56.9 cm³/mol. The van der Waals surface area contributed by atoms with E-state index in [4.69, 9.17) is 20.4 Å². The summed E-state index contributed by atoms with van der Waals surface area (Å²) in [6.07, 6.45) is 0. The Labute approximate surface area is 107 Å². The molecule has 14 nitrogen and oxygen atoms in total. The quantitative estimate of drug-likeness (QED) is 0.588. The number of nitro benzene ring substituents is 3. The van der Waals surface area contributed by atoms with Gasteiger partial charge in [-0.15, -0.1) is 10.1 Å². The summed E-state index contributed by atoms with van der Waals surface area (Å²) in [5.41, 5.74) is -3.00. The molecule has 0 heterocycles. The van der Waals surface area contributed by atoms with Crippen LogP contribution in [0.5, 0.6) is 5.75 Å². The van der Waals surface area contributed by atoms with Gasteiger partial charge in [-0.3, -0.25) is 30.3 Å². The number of non-ortho nitro benzene ring substituents is 1. The monoisotopic (exact) mass is 292 g/mol. The minimum Gasteiger partial charge on any atom is -0.497 e. The highest BCUT2D eigenvalue weighted by Gasteiger charge is 2.29. The predicted octanol–water partition coefficient (Wildman–Crippen LogP) is 0.769. The van der Waals surface area contributed by atoms with Gasteiger partial charge >= 0.3 is 11.4 Å². The second kappa shape index (κ2) is 6.38. The fourth-order valence-corrected chi connectivity index (χ4v) is 0.974. The fraction of sp³-hybridized carbons (Fsp3) is 0. The number of phenols is 1. The summed E-state index contributed by atoms with van der Waals surface area (Å²) in [4.78, 5) is 36.1. The average Bonchev–Trinajstić information content (AvgIpc) is 2.27. The molecule has 0 bridgehead atoms. The molecular weight excluding hydrogens is 288 g/mol. The van der Waals surface area contributed by atoms with E-state index in [2.05, 4.69) is 0 Å². The van der Waals surface area contributed by atoms with Gasteiger partial charge in [0.15, 0.2) is 0 Å². The van der Waals surface area contributed by atoms with Crippen molar-refractivity contribution in [1.82, 2.24) is 0 Å². The van der Waals surface area contributed by atoms with Crippen molar-refractivity contribution in [3.63, 3.8) is 0 Å². The Hall–Kier alpha value is -3.58. The zero-order chi connectivity index (χ0) is 16.0. The first-order valence-corrected chi connectivity index (χ1v) is 4.21. The number of rotatable bonds is 3. The Morgan fingerprint density at radius 2 is 1.10 bits per heavy atom. The lowest BCUT2D eigenvalue weighted by Gasteiger charge is -1.97. The normalized spacial score (nSPS) is 9.00. The molecule has 0 atom stereocenters. The van der Waals surface area contributed by atoms with Gasteiger partial charge in [-0.05, 0) is 0 Å². The molecule has 14 heteroatoms. The van der Waals surface area contributed by atoms with Gasteiger partial charge in [0.2, 0.25) is 0 Å². The molecule has 0 amide bonds. The minimum absolute atomic E-state index is 0.447. The number of nitro groups is 3. The number of benzene rings is 1. The van der Waals surface area contributed by atoms with Gasteiger partial charge in [0.1, 0.15) is 0 Å². The lowest BCUT2D eigenvalue weighted by Crippen LogP contribution is -1.97. The van der Waals surface area contributed by atoms with Crippen LogP contribution in [0.3, 0.4) is 0 Å². The lowest BCUT2D eigenvalue weighted by molar-refractivity contribution is -0.742. The first-order valence-electron chi connectivity index (χ1n) is 4.21. The third-order valence-electron chi connectivity index (χ3n) is 1.66. The van der Waals surface area contributed by atoms with Crippen molar-refractivity contribution in [1.29, 1.82) is 0 Å². The Bertz CT molecular complexity index is 544. The molecule has 1 aromatic rings. The molecule has 0 fully saturated rings. The van der Waals surface area contributed by atoms with Crippen LogP contribution in [-0.2, 0) is 0 Å². The van der Waals surface area contributed by atoms with Crippen LogP contribution in [0.25, 0.3) is 0 Å². The molecule has 0 aliphatic carbocycles. The zero-order valence-electron chi connectivity index (χ0n) is 9.10. The fourth-order valence-electron chi connectivity index (χ4n) is 0.974. The van der Waals surface area contributed by atoms with Crippen LogP contribution in [0.15, 0.2) is 12.1 Å². The van der Waals surface area contributed by atoms with E-state index < -0.39 is 42.7 Å². The van der Waals surface area contributed by atoms with Crippen LogP contribution in [0.1, 0.15) is 0 Å². The van der Waals surface area contributed by atoms with Crippen molar-refractivity contribution in [2.45, 2.75) is 0 Å². The molecule has 20 heavy (non-hydrogen) atoms. The number of hydrogen-bond donors (Lipinski definition) is 2. The first kappa shape index (κ1) is 16.4. The molecule has 0 aliphatic heterocycles. The second-order valence-corrected chi connectivity index (χ2v) is 2.84. The molecule has 1 aromatic carbocycles. The van der Waals surface area contributed by atoms with E-state index in [-0.39, 0.29) is 0 Å². The van der Waals surface area contributed by atoms with Gasteiger partial charge in [-0.1, -0.05) is 0 Å². The van der Waals surface area contributed by atoms with E-state index in [1.165, 1.54) is 0 Å². The molecule has 0 aliphatic rings. The number of aromatic hydroxyl groups is 1. The molecule has 1 rings (SSSR count). The summed E-state index contributed by atoms with van der Waals surface area (Å²) >= 11 is 0. The summed E-state index contributed by atoms with van der Waals surface area (Å²) in [5, 5.41) is 53.9. The van der Waals surface area contributed by atoms with Crippen molar-refractivity contribution < 1.29 is 30.2 Å². The summed E-state index contributed by atoms with van der Waals surface area (Å²) in [5.74, 6) is -1.21. The smallest absolute Gasteiger partial charge is 0.324 e. The minimum atomic E-state index is -1.50. The molecule has 108 valence electrons. The van der Waals surface area contributed by atoms with Gasteiger partial charge in [0, 0.05) is 0 Å². The van der Waals surface area contributed by atoms with Crippen LogP contribution in [-0.4, -0.2) is 30.2 Å². The molecule has 0 aromatic heterocycles. The lowest BCUT2D eigenvalue weighted by atomic mass is 10.2. The third kappa shape index (κ3) is 4.35. The first-order chi connectivity index (χ1) is 9.07. The number of nitrogens with zero attached hydrogens (tertiary/aromatic N) is 4. The topological polar surface area (TPSA) is 213 Å². The van der Waals surface area contributed by atoms with Crippen LogP contribution >= 0.6 is 0 Å². The zero-order valence-corrected chi connectivity index (χ0v) is 9.10. The van der Waals surface area contributed by atoms with E-state index in [9.17, 15) is 30.3 Å². The summed E-state index contributed by atoms with van der Waals surface area (Å²) in [6, 6.07) is 0.894. The Kier molecular flexibility index (Phi) is 5.24. The van der Waals surface area contributed by atoms with Crippen LogP contribution in [0, 0.1) is 40.5 Å². The van der Waals surface area contributed by atoms with Gasteiger partial charge < -0.3 is 10.3 Å². The number of hydrogen-bond acceptors (Lipinski definition) is 9. The largest absolute Gasteiger partial charge is 0.497 e. The van der Waals surface area contributed by atoms with Gasteiger partial charge in [0.25, 0.3) is 16.5 Å². The average molecular weight is 292 g/mol.